The maximum atomic E-state index is 11.9. The lowest BCUT2D eigenvalue weighted by molar-refractivity contribution is -0.119. The maximum Gasteiger partial charge on any atom is 0.374 e. The van der Waals surface area contributed by atoms with Gasteiger partial charge in [-0.05, 0) is 37.6 Å². The SMILES string of the molecule is CCOC(=O)c1sc(NC(=O)COC(=O)c2ccc(S(N)(=O)=O)o2)cc1C. The van der Waals surface area contributed by atoms with Crippen LogP contribution in [0.15, 0.2) is 27.7 Å². The molecule has 12 heteroatoms. The van der Waals surface area contributed by atoms with Gasteiger partial charge in [-0.15, -0.1) is 11.3 Å². The lowest BCUT2D eigenvalue weighted by Crippen LogP contribution is -2.20. The number of ether oxygens (including phenoxy) is 2. The molecule has 2 rings (SSSR count). The smallest absolute Gasteiger partial charge is 0.374 e. The molecular formula is C15H16N2O8S2. The quantitative estimate of drug-likeness (QED) is 0.639. The molecular weight excluding hydrogens is 400 g/mol. The van der Waals surface area contributed by atoms with E-state index >= 15 is 0 Å². The Labute approximate surface area is 158 Å². The Morgan fingerprint density at radius 2 is 1.93 bits per heavy atom. The number of aryl methyl sites for hydroxylation is 1. The van der Waals surface area contributed by atoms with Crippen LogP contribution in [0.2, 0.25) is 0 Å². The summed E-state index contributed by atoms with van der Waals surface area (Å²) in [5.41, 5.74) is 0.636. The van der Waals surface area contributed by atoms with E-state index in [0.29, 0.717) is 15.4 Å². The second kappa shape index (κ2) is 8.33. The Bertz CT molecular complexity index is 974. The minimum atomic E-state index is -4.09. The van der Waals surface area contributed by atoms with Crippen LogP contribution in [0.4, 0.5) is 5.00 Å². The zero-order valence-electron chi connectivity index (χ0n) is 14.3. The highest BCUT2D eigenvalue weighted by Crippen LogP contribution is 2.27. The van der Waals surface area contributed by atoms with Crippen molar-refractivity contribution >= 4 is 44.2 Å². The molecule has 0 bridgehead atoms. The predicted octanol–water partition coefficient (Wildman–Crippen LogP) is 1.27. The first-order chi connectivity index (χ1) is 12.6. The van der Waals surface area contributed by atoms with Gasteiger partial charge >= 0.3 is 11.9 Å². The van der Waals surface area contributed by atoms with E-state index in [0.717, 1.165) is 23.5 Å². The molecule has 1 amide bonds. The number of nitrogens with one attached hydrogen (secondary N) is 1. The van der Waals surface area contributed by atoms with Gasteiger partial charge in [0, 0.05) is 0 Å². The normalized spacial score (nSPS) is 11.1. The molecule has 2 aromatic rings. The minimum absolute atomic E-state index is 0.230. The number of nitrogens with two attached hydrogens (primary N) is 1. The fourth-order valence-corrected chi connectivity index (χ4v) is 3.35. The highest BCUT2D eigenvalue weighted by atomic mass is 32.2. The summed E-state index contributed by atoms with van der Waals surface area (Å²) in [6.07, 6.45) is 0. The lowest BCUT2D eigenvalue weighted by Gasteiger charge is -2.03. The summed E-state index contributed by atoms with van der Waals surface area (Å²) < 4.78 is 36.6. The van der Waals surface area contributed by atoms with Gasteiger partial charge in [-0.3, -0.25) is 4.79 Å². The van der Waals surface area contributed by atoms with E-state index in [1.807, 2.05) is 0 Å². The molecule has 0 aliphatic heterocycles. The van der Waals surface area contributed by atoms with Crippen LogP contribution < -0.4 is 10.5 Å². The van der Waals surface area contributed by atoms with Gasteiger partial charge in [0.15, 0.2) is 6.61 Å². The number of hydrogen-bond donors (Lipinski definition) is 2. The molecule has 2 aromatic heterocycles. The number of hydrogen-bond acceptors (Lipinski definition) is 9. The van der Waals surface area contributed by atoms with Crippen LogP contribution in [0.5, 0.6) is 0 Å². The third-order valence-corrected chi connectivity index (χ3v) is 4.95. The third kappa shape index (κ3) is 5.39. The van der Waals surface area contributed by atoms with Crippen molar-refractivity contribution < 1.29 is 36.7 Å². The molecule has 0 aromatic carbocycles. The van der Waals surface area contributed by atoms with Gasteiger partial charge in [-0.1, -0.05) is 0 Å². The summed E-state index contributed by atoms with van der Waals surface area (Å²) in [5.74, 6) is -2.59. The monoisotopic (exact) mass is 416 g/mol. The number of anilines is 1. The Balaban J connectivity index is 1.93. The summed E-state index contributed by atoms with van der Waals surface area (Å²) in [5, 5.41) is 7.13. The highest BCUT2D eigenvalue weighted by molar-refractivity contribution is 7.89. The average molecular weight is 416 g/mol. The summed E-state index contributed by atoms with van der Waals surface area (Å²) in [4.78, 5) is 35.8. The van der Waals surface area contributed by atoms with Crippen molar-refractivity contribution in [2.24, 2.45) is 5.14 Å². The van der Waals surface area contributed by atoms with Gasteiger partial charge in [0.25, 0.3) is 15.9 Å². The standard InChI is InChI=1S/C15H16N2O8S2/c1-3-23-15(20)13-8(2)6-11(26-13)17-10(18)7-24-14(19)9-4-5-12(25-9)27(16,21)22/h4-6H,3,7H2,1-2H3,(H,17,18)(H2,16,21,22). The largest absolute Gasteiger partial charge is 0.462 e. The van der Waals surface area contributed by atoms with E-state index in [2.05, 4.69) is 5.32 Å². The van der Waals surface area contributed by atoms with Crippen molar-refractivity contribution in [1.29, 1.82) is 0 Å². The Hall–Kier alpha value is -2.70. The first-order valence-electron chi connectivity index (χ1n) is 7.49. The van der Waals surface area contributed by atoms with Gasteiger partial charge in [0.1, 0.15) is 4.88 Å². The molecule has 2 heterocycles. The van der Waals surface area contributed by atoms with E-state index in [9.17, 15) is 22.8 Å². The molecule has 0 saturated heterocycles. The van der Waals surface area contributed by atoms with E-state index in [1.54, 1.807) is 19.9 Å². The number of rotatable bonds is 7. The van der Waals surface area contributed by atoms with Gasteiger partial charge in [-0.25, -0.2) is 23.1 Å². The summed E-state index contributed by atoms with van der Waals surface area (Å²) in [7, 11) is -4.09. The van der Waals surface area contributed by atoms with Crippen molar-refractivity contribution in [3.63, 3.8) is 0 Å². The Kier molecular flexibility index (Phi) is 6.36. The van der Waals surface area contributed by atoms with Gasteiger partial charge in [0.05, 0.1) is 11.6 Å². The zero-order chi connectivity index (χ0) is 20.2. The van der Waals surface area contributed by atoms with Crippen molar-refractivity contribution in [3.05, 3.63) is 34.4 Å². The minimum Gasteiger partial charge on any atom is -0.462 e. The van der Waals surface area contributed by atoms with Crippen molar-refractivity contribution in [2.45, 2.75) is 18.9 Å². The van der Waals surface area contributed by atoms with Crippen LogP contribution in [0.3, 0.4) is 0 Å². The number of sulfonamides is 1. The number of carbonyl (C=O) groups excluding carboxylic acids is 3. The van der Waals surface area contributed by atoms with Gasteiger partial charge in [-0.2, -0.15) is 0 Å². The second-order valence-electron chi connectivity index (χ2n) is 5.13. The molecule has 0 aliphatic carbocycles. The molecule has 0 spiro atoms. The molecule has 0 saturated carbocycles. The van der Waals surface area contributed by atoms with Crippen LogP contribution in [-0.4, -0.2) is 39.5 Å². The van der Waals surface area contributed by atoms with E-state index < -0.39 is 45.3 Å². The molecule has 0 unspecified atom stereocenters. The topological polar surface area (TPSA) is 155 Å². The predicted molar refractivity (Wildman–Crippen MR) is 94.0 cm³/mol. The maximum absolute atomic E-state index is 11.9. The number of amides is 1. The average Bonchev–Trinajstić information content (AvgIpc) is 3.19. The van der Waals surface area contributed by atoms with Crippen LogP contribution in [-0.2, 0) is 24.3 Å². The molecule has 0 aliphatic rings. The molecule has 0 atom stereocenters. The number of thiophene rings is 1. The van der Waals surface area contributed by atoms with E-state index in [4.69, 9.17) is 19.0 Å². The molecule has 3 N–H and O–H groups in total. The first kappa shape index (κ1) is 20.6. The summed E-state index contributed by atoms with van der Waals surface area (Å²) >= 11 is 1.03. The van der Waals surface area contributed by atoms with E-state index in [-0.39, 0.29) is 6.61 Å². The summed E-state index contributed by atoms with van der Waals surface area (Å²) in [6.45, 7) is 2.96. The lowest BCUT2D eigenvalue weighted by atomic mass is 10.3. The van der Waals surface area contributed by atoms with Crippen molar-refractivity contribution in [1.82, 2.24) is 0 Å². The number of carbonyl (C=O) groups is 3. The van der Waals surface area contributed by atoms with Crippen LogP contribution >= 0.6 is 11.3 Å². The fraction of sp³-hybridized carbons (Fsp3) is 0.267. The van der Waals surface area contributed by atoms with Crippen LogP contribution in [0.25, 0.3) is 0 Å². The summed E-state index contributed by atoms with van der Waals surface area (Å²) in [6, 6.07) is 3.65. The molecule has 0 fully saturated rings. The van der Waals surface area contributed by atoms with E-state index in [1.165, 1.54) is 0 Å². The number of primary sulfonamides is 1. The first-order valence-corrected chi connectivity index (χ1v) is 9.85. The van der Waals surface area contributed by atoms with Crippen LogP contribution in [0, 0.1) is 6.92 Å². The van der Waals surface area contributed by atoms with Crippen LogP contribution in [0.1, 0.15) is 32.7 Å². The van der Waals surface area contributed by atoms with Gasteiger partial charge in [0.2, 0.25) is 10.9 Å². The third-order valence-electron chi connectivity index (χ3n) is 3.04. The second-order valence-corrected chi connectivity index (χ2v) is 7.68. The molecule has 10 nitrogen and oxygen atoms in total. The number of esters is 2. The highest BCUT2D eigenvalue weighted by Gasteiger charge is 2.20. The van der Waals surface area contributed by atoms with Crippen molar-refractivity contribution in [2.75, 3.05) is 18.5 Å². The molecule has 146 valence electrons. The van der Waals surface area contributed by atoms with Crippen molar-refractivity contribution in [3.8, 4) is 0 Å². The fourth-order valence-electron chi connectivity index (χ4n) is 1.90. The Morgan fingerprint density at radius 3 is 2.52 bits per heavy atom. The Morgan fingerprint density at radius 1 is 1.22 bits per heavy atom. The van der Waals surface area contributed by atoms with Gasteiger partial charge < -0.3 is 19.2 Å². The molecule has 27 heavy (non-hydrogen) atoms. The number of furan rings is 1. The molecule has 0 radical (unpaired) electrons. The zero-order valence-corrected chi connectivity index (χ0v) is 15.9.